The van der Waals surface area contributed by atoms with Crippen molar-refractivity contribution in [1.29, 1.82) is 0 Å². The van der Waals surface area contributed by atoms with Gasteiger partial charge < -0.3 is 5.32 Å². The Hall–Kier alpha value is -0.570. The van der Waals surface area contributed by atoms with E-state index in [1.165, 1.54) is 18.4 Å². The third-order valence-electron chi connectivity index (χ3n) is 2.76. The predicted octanol–water partition coefficient (Wildman–Crippen LogP) is 3.36. The van der Waals surface area contributed by atoms with E-state index in [4.69, 9.17) is 0 Å². The minimum atomic E-state index is 0.636. The van der Waals surface area contributed by atoms with E-state index in [2.05, 4.69) is 46.1 Å². The molecule has 0 aromatic carbocycles. The van der Waals surface area contributed by atoms with Crippen molar-refractivity contribution < 1.29 is 0 Å². The Morgan fingerprint density at radius 3 is 2.79 bits per heavy atom. The van der Waals surface area contributed by atoms with Crippen LogP contribution in [0, 0.1) is 12.8 Å². The molecule has 1 saturated carbocycles. The van der Waals surface area contributed by atoms with Crippen molar-refractivity contribution in [2.75, 3.05) is 5.32 Å². The van der Waals surface area contributed by atoms with Crippen molar-refractivity contribution in [3.8, 4) is 0 Å². The van der Waals surface area contributed by atoms with Crippen LogP contribution in [0.25, 0.3) is 0 Å². The molecule has 0 radical (unpaired) electrons. The number of rotatable bonds is 2. The van der Waals surface area contributed by atoms with Crippen LogP contribution < -0.4 is 5.32 Å². The predicted molar refractivity (Wildman–Crippen MR) is 62.5 cm³/mol. The third kappa shape index (κ3) is 2.08. The lowest BCUT2D eigenvalue weighted by atomic mass is 9.82. The Balaban J connectivity index is 2.02. The molecule has 0 atom stereocenters. The maximum absolute atomic E-state index is 4.37. The molecular weight excluding hydrogens is 240 g/mol. The standard InChI is InChI=1S/C11H15BrN2/c1-7-3-10(4-7)14-11-8(2)5-9(12)6-13-11/h5-7,10H,3-4H2,1-2H3,(H,13,14). The molecule has 2 nitrogen and oxygen atoms in total. The van der Waals surface area contributed by atoms with Gasteiger partial charge in [-0.25, -0.2) is 4.98 Å². The molecule has 14 heavy (non-hydrogen) atoms. The van der Waals surface area contributed by atoms with Gasteiger partial charge in [0, 0.05) is 16.7 Å². The quantitative estimate of drug-likeness (QED) is 0.876. The molecule has 0 bridgehead atoms. The molecule has 1 fully saturated rings. The van der Waals surface area contributed by atoms with E-state index < -0.39 is 0 Å². The second-order valence-corrected chi connectivity index (χ2v) is 5.15. The molecule has 1 heterocycles. The first-order valence-electron chi connectivity index (χ1n) is 5.04. The minimum Gasteiger partial charge on any atom is -0.367 e. The first kappa shape index (κ1) is 9.97. The number of pyridine rings is 1. The van der Waals surface area contributed by atoms with Gasteiger partial charge in [0.05, 0.1) is 0 Å². The summed E-state index contributed by atoms with van der Waals surface area (Å²) in [6, 6.07) is 2.73. The highest BCUT2D eigenvalue weighted by atomic mass is 79.9. The number of nitrogens with one attached hydrogen (secondary N) is 1. The van der Waals surface area contributed by atoms with E-state index in [0.717, 1.165) is 16.2 Å². The van der Waals surface area contributed by atoms with Crippen molar-refractivity contribution >= 4 is 21.7 Å². The zero-order chi connectivity index (χ0) is 10.1. The van der Waals surface area contributed by atoms with Gasteiger partial charge in [0.15, 0.2) is 0 Å². The molecule has 0 amide bonds. The van der Waals surface area contributed by atoms with E-state index in [-0.39, 0.29) is 0 Å². The van der Waals surface area contributed by atoms with E-state index >= 15 is 0 Å². The Morgan fingerprint density at radius 2 is 2.21 bits per heavy atom. The zero-order valence-electron chi connectivity index (χ0n) is 8.55. The number of halogens is 1. The van der Waals surface area contributed by atoms with E-state index in [1.807, 2.05) is 6.20 Å². The molecule has 0 aliphatic heterocycles. The first-order valence-corrected chi connectivity index (χ1v) is 5.83. The Morgan fingerprint density at radius 1 is 1.50 bits per heavy atom. The van der Waals surface area contributed by atoms with Crippen molar-refractivity contribution in [3.63, 3.8) is 0 Å². The molecule has 0 spiro atoms. The fourth-order valence-electron chi connectivity index (χ4n) is 1.91. The summed E-state index contributed by atoms with van der Waals surface area (Å²) >= 11 is 3.41. The number of hydrogen-bond acceptors (Lipinski definition) is 2. The maximum atomic E-state index is 4.37. The van der Waals surface area contributed by atoms with Crippen LogP contribution in [0.2, 0.25) is 0 Å². The molecule has 1 aromatic heterocycles. The van der Waals surface area contributed by atoms with Gasteiger partial charge in [-0.1, -0.05) is 6.92 Å². The highest BCUT2D eigenvalue weighted by Gasteiger charge is 2.25. The Kier molecular flexibility index (Phi) is 2.77. The average molecular weight is 255 g/mol. The number of anilines is 1. The molecule has 76 valence electrons. The summed E-state index contributed by atoms with van der Waals surface area (Å²) in [5, 5.41) is 3.47. The molecular formula is C11H15BrN2. The summed E-state index contributed by atoms with van der Waals surface area (Å²) in [6.45, 7) is 4.38. The van der Waals surface area contributed by atoms with Crippen LogP contribution in [0.15, 0.2) is 16.7 Å². The van der Waals surface area contributed by atoms with Crippen molar-refractivity contribution in [2.45, 2.75) is 32.7 Å². The lowest BCUT2D eigenvalue weighted by Crippen LogP contribution is -2.34. The first-order chi connectivity index (χ1) is 6.65. The lowest BCUT2D eigenvalue weighted by Gasteiger charge is -2.34. The van der Waals surface area contributed by atoms with E-state index in [0.29, 0.717) is 6.04 Å². The summed E-state index contributed by atoms with van der Waals surface area (Å²) < 4.78 is 1.04. The molecule has 3 heteroatoms. The maximum Gasteiger partial charge on any atom is 0.129 e. The fraction of sp³-hybridized carbons (Fsp3) is 0.545. The molecule has 0 unspecified atom stereocenters. The summed E-state index contributed by atoms with van der Waals surface area (Å²) in [5.74, 6) is 1.91. The van der Waals surface area contributed by atoms with Gasteiger partial charge in [-0.15, -0.1) is 0 Å². The van der Waals surface area contributed by atoms with Crippen molar-refractivity contribution in [3.05, 3.63) is 22.3 Å². The van der Waals surface area contributed by atoms with Gasteiger partial charge in [-0.05, 0) is 53.2 Å². The van der Waals surface area contributed by atoms with Gasteiger partial charge in [0.1, 0.15) is 5.82 Å². The Labute approximate surface area is 93.3 Å². The van der Waals surface area contributed by atoms with Crippen LogP contribution in [0.3, 0.4) is 0 Å². The van der Waals surface area contributed by atoms with Crippen LogP contribution in [0.1, 0.15) is 25.3 Å². The van der Waals surface area contributed by atoms with Gasteiger partial charge in [-0.2, -0.15) is 0 Å². The van der Waals surface area contributed by atoms with Crippen LogP contribution in [-0.4, -0.2) is 11.0 Å². The number of nitrogens with zero attached hydrogens (tertiary/aromatic N) is 1. The van der Waals surface area contributed by atoms with Crippen molar-refractivity contribution in [2.24, 2.45) is 5.92 Å². The fourth-order valence-corrected chi connectivity index (χ4v) is 2.35. The molecule has 1 aliphatic carbocycles. The SMILES string of the molecule is Cc1cc(Br)cnc1NC1CC(C)C1. The van der Waals surface area contributed by atoms with Gasteiger partial charge >= 0.3 is 0 Å². The minimum absolute atomic E-state index is 0.636. The van der Waals surface area contributed by atoms with Gasteiger partial charge in [0.25, 0.3) is 0 Å². The number of aryl methyl sites for hydroxylation is 1. The molecule has 0 saturated heterocycles. The molecule has 1 N–H and O–H groups in total. The highest BCUT2D eigenvalue weighted by Crippen LogP contribution is 2.30. The summed E-state index contributed by atoms with van der Waals surface area (Å²) in [5.41, 5.74) is 1.21. The second-order valence-electron chi connectivity index (χ2n) is 4.24. The topological polar surface area (TPSA) is 24.9 Å². The average Bonchev–Trinajstić information content (AvgIpc) is 2.06. The van der Waals surface area contributed by atoms with Crippen LogP contribution in [0.4, 0.5) is 5.82 Å². The van der Waals surface area contributed by atoms with Crippen molar-refractivity contribution in [1.82, 2.24) is 4.98 Å². The zero-order valence-corrected chi connectivity index (χ0v) is 10.1. The lowest BCUT2D eigenvalue weighted by molar-refractivity contribution is 0.308. The van der Waals surface area contributed by atoms with E-state index in [9.17, 15) is 0 Å². The molecule has 1 aliphatic rings. The molecule has 2 rings (SSSR count). The molecule has 1 aromatic rings. The third-order valence-corrected chi connectivity index (χ3v) is 3.19. The highest BCUT2D eigenvalue weighted by molar-refractivity contribution is 9.10. The second kappa shape index (κ2) is 3.89. The van der Waals surface area contributed by atoms with Gasteiger partial charge in [-0.3, -0.25) is 0 Å². The normalized spacial score (nSPS) is 25.6. The number of aromatic nitrogens is 1. The largest absolute Gasteiger partial charge is 0.367 e. The smallest absolute Gasteiger partial charge is 0.129 e. The Bertz CT molecular complexity index is 332. The van der Waals surface area contributed by atoms with Crippen LogP contribution in [0.5, 0.6) is 0 Å². The van der Waals surface area contributed by atoms with E-state index in [1.54, 1.807) is 0 Å². The van der Waals surface area contributed by atoms with Crippen LogP contribution >= 0.6 is 15.9 Å². The summed E-state index contributed by atoms with van der Waals surface area (Å²) in [4.78, 5) is 4.37. The monoisotopic (exact) mass is 254 g/mol. The number of hydrogen-bond donors (Lipinski definition) is 1. The summed E-state index contributed by atoms with van der Waals surface area (Å²) in [6.07, 6.45) is 4.39. The van der Waals surface area contributed by atoms with Gasteiger partial charge in [0.2, 0.25) is 0 Å². The summed E-state index contributed by atoms with van der Waals surface area (Å²) in [7, 11) is 0. The van der Waals surface area contributed by atoms with Crippen LogP contribution in [-0.2, 0) is 0 Å².